The van der Waals surface area contributed by atoms with E-state index in [9.17, 15) is 4.79 Å². The standard InChI is InChI=1S/C21H28N2O3/c1-2-23(21(24)26-18-9-10-18)17-8-11-20-19(14-17)22(12-13-25-20)15-16-6-4-3-5-7-16/h6,8,11,14,18H,2-5,7,9-10,12-13,15H2,1H3. The average Bonchev–Trinajstić information content (AvgIpc) is 3.47. The van der Waals surface area contributed by atoms with Crippen molar-refractivity contribution >= 4 is 17.5 Å². The van der Waals surface area contributed by atoms with E-state index in [1.807, 2.05) is 19.1 Å². The predicted octanol–water partition coefficient (Wildman–Crippen LogP) is 4.51. The molecule has 0 unspecified atom stereocenters. The van der Waals surface area contributed by atoms with E-state index in [4.69, 9.17) is 9.47 Å². The van der Waals surface area contributed by atoms with Gasteiger partial charge in [0.1, 0.15) is 18.5 Å². The minimum Gasteiger partial charge on any atom is -0.490 e. The Labute approximate surface area is 155 Å². The molecular weight excluding hydrogens is 328 g/mol. The van der Waals surface area contributed by atoms with Crippen LogP contribution in [0.5, 0.6) is 5.75 Å². The molecule has 1 heterocycles. The Kier molecular flexibility index (Phi) is 5.05. The number of ether oxygens (including phenoxy) is 2. The van der Waals surface area contributed by atoms with Gasteiger partial charge >= 0.3 is 6.09 Å². The van der Waals surface area contributed by atoms with Crippen LogP contribution in [0.1, 0.15) is 45.4 Å². The fraction of sp³-hybridized carbons (Fsp3) is 0.571. The van der Waals surface area contributed by atoms with E-state index in [0.717, 1.165) is 43.1 Å². The molecule has 5 nitrogen and oxygen atoms in total. The van der Waals surface area contributed by atoms with Crippen LogP contribution in [0.25, 0.3) is 0 Å². The number of carbonyl (C=O) groups excluding carboxylic acids is 1. The molecule has 0 atom stereocenters. The van der Waals surface area contributed by atoms with Crippen molar-refractivity contribution in [2.75, 3.05) is 36.0 Å². The maximum absolute atomic E-state index is 12.4. The largest absolute Gasteiger partial charge is 0.490 e. The van der Waals surface area contributed by atoms with Gasteiger partial charge in [-0.1, -0.05) is 11.6 Å². The van der Waals surface area contributed by atoms with Crippen molar-refractivity contribution in [1.82, 2.24) is 0 Å². The zero-order valence-corrected chi connectivity index (χ0v) is 15.6. The summed E-state index contributed by atoms with van der Waals surface area (Å²) in [6, 6.07) is 6.02. The van der Waals surface area contributed by atoms with Crippen molar-refractivity contribution in [2.24, 2.45) is 0 Å². The average molecular weight is 356 g/mol. The highest BCUT2D eigenvalue weighted by atomic mass is 16.6. The molecule has 0 N–H and O–H groups in total. The second-order valence-corrected chi connectivity index (χ2v) is 7.36. The molecule has 1 saturated carbocycles. The third-order valence-corrected chi connectivity index (χ3v) is 5.32. The van der Waals surface area contributed by atoms with Gasteiger partial charge in [0.05, 0.1) is 12.2 Å². The van der Waals surface area contributed by atoms with Crippen molar-refractivity contribution in [3.8, 4) is 5.75 Å². The molecule has 2 aliphatic carbocycles. The Morgan fingerprint density at radius 1 is 1.35 bits per heavy atom. The first-order chi connectivity index (χ1) is 12.7. The molecule has 0 bridgehead atoms. The molecule has 0 aromatic heterocycles. The first-order valence-corrected chi connectivity index (χ1v) is 9.92. The van der Waals surface area contributed by atoms with Crippen LogP contribution in [0.2, 0.25) is 0 Å². The maximum atomic E-state index is 12.4. The Balaban J connectivity index is 1.55. The summed E-state index contributed by atoms with van der Waals surface area (Å²) in [4.78, 5) is 16.5. The zero-order chi connectivity index (χ0) is 17.9. The van der Waals surface area contributed by atoms with Gasteiger partial charge in [-0.3, -0.25) is 4.90 Å². The maximum Gasteiger partial charge on any atom is 0.414 e. The molecule has 1 aliphatic heterocycles. The molecule has 1 aromatic carbocycles. The molecule has 140 valence electrons. The quantitative estimate of drug-likeness (QED) is 0.728. The Hall–Kier alpha value is -2.17. The summed E-state index contributed by atoms with van der Waals surface area (Å²) < 4.78 is 11.3. The second-order valence-electron chi connectivity index (χ2n) is 7.36. The van der Waals surface area contributed by atoms with E-state index in [0.29, 0.717) is 13.2 Å². The highest BCUT2D eigenvalue weighted by Gasteiger charge is 2.29. The molecular formula is C21H28N2O3. The minimum absolute atomic E-state index is 0.118. The van der Waals surface area contributed by atoms with Crippen LogP contribution in [0.4, 0.5) is 16.2 Å². The Morgan fingerprint density at radius 3 is 2.96 bits per heavy atom. The van der Waals surface area contributed by atoms with Crippen LogP contribution in [-0.4, -0.2) is 38.4 Å². The molecule has 1 amide bonds. The fourth-order valence-electron chi connectivity index (χ4n) is 3.70. The lowest BCUT2D eigenvalue weighted by molar-refractivity contribution is 0.147. The van der Waals surface area contributed by atoms with E-state index in [1.54, 1.807) is 4.90 Å². The van der Waals surface area contributed by atoms with Gasteiger partial charge in [0.25, 0.3) is 0 Å². The summed E-state index contributed by atoms with van der Waals surface area (Å²) in [7, 11) is 0. The number of rotatable bonds is 5. The van der Waals surface area contributed by atoms with Crippen molar-refractivity contribution < 1.29 is 14.3 Å². The van der Waals surface area contributed by atoms with E-state index >= 15 is 0 Å². The molecule has 4 rings (SSSR count). The summed E-state index contributed by atoms with van der Waals surface area (Å²) in [5, 5.41) is 0. The van der Waals surface area contributed by atoms with Gasteiger partial charge in [-0.05, 0) is 63.6 Å². The predicted molar refractivity (Wildman–Crippen MR) is 103 cm³/mol. The topological polar surface area (TPSA) is 42.0 Å². The van der Waals surface area contributed by atoms with Crippen molar-refractivity contribution in [1.29, 1.82) is 0 Å². The molecule has 0 radical (unpaired) electrons. The molecule has 1 aromatic rings. The van der Waals surface area contributed by atoms with Crippen LogP contribution in [0.15, 0.2) is 29.8 Å². The van der Waals surface area contributed by atoms with Crippen LogP contribution < -0.4 is 14.5 Å². The molecule has 1 fully saturated rings. The van der Waals surface area contributed by atoms with Crippen LogP contribution in [0, 0.1) is 0 Å². The number of amides is 1. The first kappa shape index (κ1) is 17.3. The highest BCUT2D eigenvalue weighted by molar-refractivity contribution is 5.89. The van der Waals surface area contributed by atoms with Crippen LogP contribution >= 0.6 is 0 Å². The SMILES string of the molecule is CCN(C(=O)OC1CC1)c1ccc2c(c1)N(CC1=CCCCC1)CCO2. The number of hydrogen-bond donors (Lipinski definition) is 0. The monoisotopic (exact) mass is 356 g/mol. The summed E-state index contributed by atoms with van der Waals surface area (Å²) in [6.45, 7) is 5.12. The van der Waals surface area contributed by atoms with E-state index in [1.165, 1.54) is 31.3 Å². The number of nitrogens with zero attached hydrogens (tertiary/aromatic N) is 2. The first-order valence-electron chi connectivity index (χ1n) is 9.92. The Bertz CT molecular complexity index is 696. The zero-order valence-electron chi connectivity index (χ0n) is 15.6. The molecule has 26 heavy (non-hydrogen) atoms. The van der Waals surface area contributed by atoms with Gasteiger partial charge in [-0.25, -0.2) is 4.79 Å². The highest BCUT2D eigenvalue weighted by Crippen LogP contribution is 2.37. The summed E-state index contributed by atoms with van der Waals surface area (Å²) in [5.74, 6) is 0.906. The molecule has 3 aliphatic rings. The van der Waals surface area contributed by atoms with E-state index < -0.39 is 0 Å². The number of carbonyl (C=O) groups is 1. The lowest BCUT2D eigenvalue weighted by Gasteiger charge is -2.33. The summed E-state index contributed by atoms with van der Waals surface area (Å²) in [6.07, 6.45) is 9.24. The third kappa shape index (κ3) is 3.81. The fourth-order valence-corrected chi connectivity index (χ4v) is 3.70. The molecule has 5 heteroatoms. The van der Waals surface area contributed by atoms with Gasteiger partial charge in [0, 0.05) is 18.8 Å². The molecule has 0 saturated heterocycles. The minimum atomic E-state index is -0.242. The number of anilines is 2. The van der Waals surface area contributed by atoms with E-state index in [-0.39, 0.29) is 12.2 Å². The van der Waals surface area contributed by atoms with Crippen LogP contribution in [0.3, 0.4) is 0 Å². The van der Waals surface area contributed by atoms with E-state index in [2.05, 4.69) is 17.0 Å². The number of fused-ring (bicyclic) bond motifs is 1. The van der Waals surface area contributed by atoms with Crippen molar-refractivity contribution in [3.63, 3.8) is 0 Å². The normalized spacial score (nSPS) is 19.3. The van der Waals surface area contributed by atoms with Gasteiger partial charge in [-0.2, -0.15) is 0 Å². The lowest BCUT2D eigenvalue weighted by Crippen LogP contribution is -2.35. The molecule has 0 spiro atoms. The number of hydrogen-bond acceptors (Lipinski definition) is 4. The van der Waals surface area contributed by atoms with Gasteiger partial charge in [0.2, 0.25) is 0 Å². The van der Waals surface area contributed by atoms with Gasteiger partial charge in [-0.15, -0.1) is 0 Å². The Morgan fingerprint density at radius 2 is 2.23 bits per heavy atom. The third-order valence-electron chi connectivity index (χ3n) is 5.32. The smallest absolute Gasteiger partial charge is 0.414 e. The van der Waals surface area contributed by atoms with Crippen molar-refractivity contribution in [3.05, 3.63) is 29.8 Å². The summed E-state index contributed by atoms with van der Waals surface area (Å²) in [5.41, 5.74) is 3.48. The number of benzene rings is 1. The van der Waals surface area contributed by atoms with Crippen LogP contribution in [-0.2, 0) is 4.74 Å². The number of allylic oxidation sites excluding steroid dienone is 1. The lowest BCUT2D eigenvalue weighted by atomic mass is 9.99. The van der Waals surface area contributed by atoms with Gasteiger partial charge in [0.15, 0.2) is 0 Å². The summed E-state index contributed by atoms with van der Waals surface area (Å²) >= 11 is 0. The van der Waals surface area contributed by atoms with Gasteiger partial charge < -0.3 is 14.4 Å². The van der Waals surface area contributed by atoms with Crippen molar-refractivity contribution in [2.45, 2.75) is 51.6 Å². The second kappa shape index (κ2) is 7.60.